The molecule has 0 aromatic carbocycles. The molecule has 98 valence electrons. The second-order valence-corrected chi connectivity index (χ2v) is 4.81. The highest BCUT2D eigenvalue weighted by molar-refractivity contribution is 6.00. The Hall–Kier alpha value is -1.14. The highest BCUT2D eigenvalue weighted by atomic mass is 16.4. The molecule has 0 spiro atoms. The average Bonchev–Trinajstić information content (AvgIpc) is 2.26. The van der Waals surface area contributed by atoms with E-state index in [2.05, 4.69) is 11.9 Å². The van der Waals surface area contributed by atoms with Crippen LogP contribution in [0.5, 0.6) is 0 Å². The van der Waals surface area contributed by atoms with Gasteiger partial charge in [-0.1, -0.05) is 0 Å². The summed E-state index contributed by atoms with van der Waals surface area (Å²) in [6, 6.07) is -1.44. The molecule has 6 nitrogen and oxygen atoms in total. The standard InChI is InChI=1S/C11H21N3O3/c1-13-5-3-4-8(6-13)7-14(2)10(15)9(12)11(16)17/h8-9H,3-7,12H2,1-2H3,(H,16,17). The number of nitrogens with zero attached hydrogens (tertiary/aromatic N) is 2. The second-order valence-electron chi connectivity index (χ2n) is 4.81. The lowest BCUT2D eigenvalue weighted by Gasteiger charge is -2.32. The third-order valence-electron chi connectivity index (χ3n) is 3.16. The number of carbonyl (C=O) groups excluding carboxylic acids is 1. The van der Waals surface area contributed by atoms with E-state index in [1.807, 2.05) is 0 Å². The molecule has 6 heteroatoms. The normalized spacial score (nSPS) is 23.1. The molecule has 0 aromatic rings. The predicted molar refractivity (Wildman–Crippen MR) is 63.5 cm³/mol. The van der Waals surface area contributed by atoms with Crippen LogP contribution in [0.1, 0.15) is 12.8 Å². The second kappa shape index (κ2) is 5.97. The fourth-order valence-electron chi connectivity index (χ4n) is 2.24. The average molecular weight is 243 g/mol. The first-order valence-electron chi connectivity index (χ1n) is 5.83. The quantitative estimate of drug-likeness (QED) is 0.631. The van der Waals surface area contributed by atoms with E-state index in [-0.39, 0.29) is 0 Å². The fraction of sp³-hybridized carbons (Fsp3) is 0.818. The van der Waals surface area contributed by atoms with Crippen LogP contribution in [-0.4, -0.2) is 66.6 Å². The molecular formula is C11H21N3O3. The molecule has 1 amide bonds. The van der Waals surface area contributed by atoms with E-state index in [1.54, 1.807) is 7.05 Å². The van der Waals surface area contributed by atoms with Crippen molar-refractivity contribution in [3.05, 3.63) is 0 Å². The van der Waals surface area contributed by atoms with Crippen LogP contribution in [-0.2, 0) is 9.59 Å². The minimum Gasteiger partial charge on any atom is -0.480 e. The van der Waals surface area contributed by atoms with Gasteiger partial charge in [-0.2, -0.15) is 0 Å². The summed E-state index contributed by atoms with van der Waals surface area (Å²) in [6.07, 6.45) is 2.19. The molecule has 3 N–H and O–H groups in total. The summed E-state index contributed by atoms with van der Waals surface area (Å²) in [5.74, 6) is -1.39. The fourth-order valence-corrected chi connectivity index (χ4v) is 2.24. The van der Waals surface area contributed by atoms with E-state index in [0.29, 0.717) is 12.5 Å². The number of nitrogens with two attached hydrogens (primary N) is 1. The van der Waals surface area contributed by atoms with Gasteiger partial charge in [-0.25, -0.2) is 4.79 Å². The zero-order valence-electron chi connectivity index (χ0n) is 10.4. The number of carbonyl (C=O) groups is 2. The zero-order chi connectivity index (χ0) is 13.0. The van der Waals surface area contributed by atoms with Crippen molar-refractivity contribution in [2.45, 2.75) is 18.9 Å². The van der Waals surface area contributed by atoms with E-state index in [4.69, 9.17) is 10.8 Å². The van der Waals surface area contributed by atoms with Gasteiger partial charge in [0.25, 0.3) is 5.91 Å². The van der Waals surface area contributed by atoms with Gasteiger partial charge in [-0.15, -0.1) is 0 Å². The van der Waals surface area contributed by atoms with Gasteiger partial charge >= 0.3 is 5.97 Å². The largest absolute Gasteiger partial charge is 0.480 e. The molecule has 1 heterocycles. The number of rotatable bonds is 4. The van der Waals surface area contributed by atoms with Gasteiger partial charge in [0.2, 0.25) is 0 Å². The summed E-state index contributed by atoms with van der Waals surface area (Å²) in [5, 5.41) is 8.67. The number of carboxylic acids is 1. The maximum Gasteiger partial charge on any atom is 0.330 e. The van der Waals surface area contributed by atoms with Crippen molar-refractivity contribution in [1.82, 2.24) is 9.80 Å². The molecule has 0 bridgehead atoms. The monoisotopic (exact) mass is 243 g/mol. The number of piperidine rings is 1. The van der Waals surface area contributed by atoms with Crippen molar-refractivity contribution in [2.75, 3.05) is 33.7 Å². The molecule has 0 radical (unpaired) electrons. The summed E-state index contributed by atoms with van der Waals surface area (Å²) < 4.78 is 0. The van der Waals surface area contributed by atoms with Crippen LogP contribution in [0.15, 0.2) is 0 Å². The highest BCUT2D eigenvalue weighted by Crippen LogP contribution is 2.16. The van der Waals surface area contributed by atoms with Crippen molar-refractivity contribution >= 4 is 11.9 Å². The molecule has 2 unspecified atom stereocenters. The predicted octanol–water partition coefficient (Wildman–Crippen LogP) is -0.801. The molecule has 1 saturated heterocycles. The summed E-state index contributed by atoms with van der Waals surface area (Å²) >= 11 is 0. The lowest BCUT2D eigenvalue weighted by molar-refractivity contribution is -0.146. The zero-order valence-corrected chi connectivity index (χ0v) is 10.4. The van der Waals surface area contributed by atoms with Gasteiger partial charge in [-0.05, 0) is 32.4 Å². The molecular weight excluding hydrogens is 222 g/mol. The molecule has 1 aliphatic heterocycles. The number of hydrogen-bond acceptors (Lipinski definition) is 4. The summed E-state index contributed by atoms with van der Waals surface area (Å²) in [5.41, 5.74) is 5.29. The van der Waals surface area contributed by atoms with Crippen LogP contribution in [0.4, 0.5) is 0 Å². The van der Waals surface area contributed by atoms with Crippen molar-refractivity contribution in [1.29, 1.82) is 0 Å². The Labute approximate surface area is 101 Å². The van der Waals surface area contributed by atoms with E-state index in [0.717, 1.165) is 25.9 Å². The first kappa shape index (κ1) is 13.9. The summed E-state index contributed by atoms with van der Waals surface area (Å²) in [6.45, 7) is 2.60. The Balaban J connectivity index is 2.45. The third-order valence-corrected chi connectivity index (χ3v) is 3.16. The van der Waals surface area contributed by atoms with Crippen molar-refractivity contribution in [3.63, 3.8) is 0 Å². The van der Waals surface area contributed by atoms with Crippen LogP contribution >= 0.6 is 0 Å². The summed E-state index contributed by atoms with van der Waals surface area (Å²) in [4.78, 5) is 25.9. The molecule has 0 aromatic heterocycles. The topological polar surface area (TPSA) is 86.9 Å². The number of likely N-dealkylation sites (N-methyl/N-ethyl adjacent to an activating group) is 1. The lowest BCUT2D eigenvalue weighted by Crippen LogP contribution is -2.49. The molecule has 2 atom stereocenters. The Morgan fingerprint density at radius 2 is 2.24 bits per heavy atom. The maximum atomic E-state index is 11.6. The Morgan fingerprint density at radius 3 is 2.76 bits per heavy atom. The van der Waals surface area contributed by atoms with E-state index >= 15 is 0 Å². The van der Waals surface area contributed by atoms with Gasteiger partial charge in [0.05, 0.1) is 0 Å². The van der Waals surface area contributed by atoms with Crippen molar-refractivity contribution < 1.29 is 14.7 Å². The van der Waals surface area contributed by atoms with E-state index < -0.39 is 17.9 Å². The van der Waals surface area contributed by atoms with E-state index in [9.17, 15) is 9.59 Å². The molecule has 17 heavy (non-hydrogen) atoms. The molecule has 0 saturated carbocycles. The molecule has 0 aliphatic carbocycles. The van der Waals surface area contributed by atoms with Gasteiger partial charge in [0, 0.05) is 20.1 Å². The first-order valence-corrected chi connectivity index (χ1v) is 5.83. The van der Waals surface area contributed by atoms with Crippen LogP contribution in [0.3, 0.4) is 0 Å². The number of hydrogen-bond donors (Lipinski definition) is 2. The van der Waals surface area contributed by atoms with Gasteiger partial charge in [0.15, 0.2) is 6.04 Å². The third kappa shape index (κ3) is 3.98. The SMILES string of the molecule is CN1CCCC(CN(C)C(=O)C(N)C(=O)O)C1. The highest BCUT2D eigenvalue weighted by Gasteiger charge is 2.27. The van der Waals surface area contributed by atoms with Crippen LogP contribution < -0.4 is 5.73 Å². The number of likely N-dealkylation sites (tertiary alicyclic amines) is 1. The number of amides is 1. The minimum atomic E-state index is -1.44. The Morgan fingerprint density at radius 1 is 1.59 bits per heavy atom. The van der Waals surface area contributed by atoms with Crippen LogP contribution in [0, 0.1) is 5.92 Å². The molecule has 1 fully saturated rings. The molecule has 1 rings (SSSR count). The van der Waals surface area contributed by atoms with Crippen molar-refractivity contribution in [3.8, 4) is 0 Å². The Bertz CT molecular complexity index is 296. The first-order chi connectivity index (χ1) is 7.91. The minimum absolute atomic E-state index is 0.406. The smallest absolute Gasteiger partial charge is 0.330 e. The summed E-state index contributed by atoms with van der Waals surface area (Å²) in [7, 11) is 3.66. The van der Waals surface area contributed by atoms with Gasteiger partial charge < -0.3 is 20.6 Å². The lowest BCUT2D eigenvalue weighted by atomic mass is 9.98. The number of carboxylic acid groups (broad SMARTS) is 1. The number of aliphatic carboxylic acids is 1. The molecule has 1 aliphatic rings. The van der Waals surface area contributed by atoms with Crippen molar-refractivity contribution in [2.24, 2.45) is 11.7 Å². The van der Waals surface area contributed by atoms with Gasteiger partial charge in [-0.3, -0.25) is 4.79 Å². The Kier molecular flexibility index (Phi) is 4.89. The van der Waals surface area contributed by atoms with Crippen LogP contribution in [0.25, 0.3) is 0 Å². The maximum absolute atomic E-state index is 11.6. The van der Waals surface area contributed by atoms with E-state index in [1.165, 1.54) is 4.90 Å². The van der Waals surface area contributed by atoms with Gasteiger partial charge in [0.1, 0.15) is 0 Å². The van der Waals surface area contributed by atoms with Crippen LogP contribution in [0.2, 0.25) is 0 Å².